The van der Waals surface area contributed by atoms with Crippen LogP contribution in [0.1, 0.15) is 39.0 Å². The minimum absolute atomic E-state index is 0.182. The molecule has 0 aromatic heterocycles. The van der Waals surface area contributed by atoms with Gasteiger partial charge < -0.3 is 0 Å². The van der Waals surface area contributed by atoms with Crippen molar-refractivity contribution in [2.24, 2.45) is 5.92 Å². The molecule has 0 radical (unpaired) electrons. The molecule has 1 rings (SSSR count). The average molecular weight is 216 g/mol. The molecule has 0 spiro atoms. The largest absolute Gasteiger partial charge is 0.197 e. The fourth-order valence-electron chi connectivity index (χ4n) is 1.66. The smallest absolute Gasteiger partial charge is 0.112 e. The number of hydrogen-bond acceptors (Lipinski definition) is 1. The highest BCUT2D eigenvalue weighted by Crippen LogP contribution is 2.38. The summed E-state index contributed by atoms with van der Waals surface area (Å²) in [6.07, 6.45) is 5.77. The number of nitrogens with zero attached hydrogens (tertiary/aromatic N) is 1. The van der Waals surface area contributed by atoms with Crippen LogP contribution < -0.4 is 0 Å². The maximum atomic E-state index is 8.81. The van der Waals surface area contributed by atoms with E-state index in [1.54, 1.807) is 0 Å². The molecular formula is C9H14BrN. The highest BCUT2D eigenvalue weighted by molar-refractivity contribution is 9.10. The van der Waals surface area contributed by atoms with E-state index in [2.05, 4.69) is 28.9 Å². The molecule has 0 saturated heterocycles. The van der Waals surface area contributed by atoms with Crippen LogP contribution in [0.15, 0.2) is 0 Å². The molecule has 0 aliphatic heterocycles. The fourth-order valence-corrected chi connectivity index (χ4v) is 2.11. The first-order valence-corrected chi connectivity index (χ1v) is 5.09. The molecule has 1 nitrogen and oxygen atoms in total. The van der Waals surface area contributed by atoms with Gasteiger partial charge in [0.05, 0.1) is 6.07 Å². The normalized spacial score (nSPS) is 38.1. The van der Waals surface area contributed by atoms with Gasteiger partial charge >= 0.3 is 0 Å². The molecule has 11 heavy (non-hydrogen) atoms. The van der Waals surface area contributed by atoms with Gasteiger partial charge in [0.2, 0.25) is 0 Å². The third-order valence-corrected chi connectivity index (χ3v) is 3.65. The first kappa shape index (κ1) is 9.06. The van der Waals surface area contributed by atoms with Crippen molar-refractivity contribution < 1.29 is 0 Å². The molecule has 1 saturated carbocycles. The lowest BCUT2D eigenvalue weighted by Crippen LogP contribution is -2.25. The predicted octanol–water partition coefficient (Wildman–Crippen LogP) is 3.24. The summed E-state index contributed by atoms with van der Waals surface area (Å²) >= 11 is 3.49. The Hall–Kier alpha value is -0.0300. The molecule has 0 bridgehead atoms. The molecule has 0 N–H and O–H groups in total. The zero-order valence-electron chi connectivity index (χ0n) is 6.94. The zero-order chi connectivity index (χ0) is 8.32. The Labute approximate surface area is 76.9 Å². The third kappa shape index (κ3) is 2.20. The first-order valence-electron chi connectivity index (χ1n) is 4.30. The molecule has 1 aliphatic carbocycles. The van der Waals surface area contributed by atoms with Gasteiger partial charge in [-0.15, -0.1) is 0 Å². The number of halogens is 1. The number of rotatable bonds is 1. The Morgan fingerprint density at radius 1 is 1.55 bits per heavy atom. The minimum atomic E-state index is -0.182. The Balaban J connectivity index is 2.43. The SMILES string of the molecule is CCC1CCC(Br)(C#N)CC1. The molecule has 1 aliphatic rings. The van der Waals surface area contributed by atoms with Crippen LogP contribution >= 0.6 is 15.9 Å². The van der Waals surface area contributed by atoms with E-state index in [0.717, 1.165) is 18.8 Å². The second kappa shape index (κ2) is 3.58. The molecule has 0 heterocycles. The monoisotopic (exact) mass is 215 g/mol. The first-order chi connectivity index (χ1) is 5.20. The summed E-state index contributed by atoms with van der Waals surface area (Å²) in [5.41, 5.74) is 0. The van der Waals surface area contributed by atoms with Crippen LogP contribution in [0.3, 0.4) is 0 Å². The van der Waals surface area contributed by atoms with Crippen LogP contribution in [0.25, 0.3) is 0 Å². The summed E-state index contributed by atoms with van der Waals surface area (Å²) in [4.78, 5) is 0. The number of hydrogen-bond donors (Lipinski definition) is 0. The molecule has 0 aromatic rings. The lowest BCUT2D eigenvalue weighted by Gasteiger charge is -2.29. The molecule has 1 fully saturated rings. The van der Waals surface area contributed by atoms with Crippen molar-refractivity contribution in [3.63, 3.8) is 0 Å². The van der Waals surface area contributed by atoms with Gasteiger partial charge in [0, 0.05) is 0 Å². The quantitative estimate of drug-likeness (QED) is 0.617. The fraction of sp³-hybridized carbons (Fsp3) is 0.889. The van der Waals surface area contributed by atoms with Crippen LogP contribution in [-0.2, 0) is 0 Å². The van der Waals surface area contributed by atoms with Gasteiger partial charge in [-0.2, -0.15) is 5.26 Å². The van der Waals surface area contributed by atoms with E-state index >= 15 is 0 Å². The third-order valence-electron chi connectivity index (χ3n) is 2.68. The molecule has 62 valence electrons. The lowest BCUT2D eigenvalue weighted by molar-refractivity contribution is 0.331. The van der Waals surface area contributed by atoms with Crippen LogP contribution in [0.5, 0.6) is 0 Å². The topological polar surface area (TPSA) is 23.8 Å². The van der Waals surface area contributed by atoms with Crippen LogP contribution in [0.2, 0.25) is 0 Å². The van der Waals surface area contributed by atoms with Crippen molar-refractivity contribution in [1.29, 1.82) is 5.26 Å². The summed E-state index contributed by atoms with van der Waals surface area (Å²) < 4.78 is -0.182. The van der Waals surface area contributed by atoms with E-state index in [0.29, 0.717) is 0 Å². The van der Waals surface area contributed by atoms with Crippen molar-refractivity contribution in [3.05, 3.63) is 0 Å². The molecule has 0 aromatic carbocycles. The zero-order valence-corrected chi connectivity index (χ0v) is 8.52. The van der Waals surface area contributed by atoms with E-state index in [1.165, 1.54) is 19.3 Å². The van der Waals surface area contributed by atoms with Gasteiger partial charge in [0.25, 0.3) is 0 Å². The van der Waals surface area contributed by atoms with Crippen LogP contribution in [0.4, 0.5) is 0 Å². The van der Waals surface area contributed by atoms with Crippen molar-refractivity contribution in [2.45, 2.75) is 43.4 Å². The summed E-state index contributed by atoms with van der Waals surface area (Å²) in [6.45, 7) is 2.23. The van der Waals surface area contributed by atoms with E-state index in [1.807, 2.05) is 0 Å². The van der Waals surface area contributed by atoms with Gasteiger partial charge in [-0.1, -0.05) is 29.3 Å². The molecule has 0 unspecified atom stereocenters. The summed E-state index contributed by atoms with van der Waals surface area (Å²) in [5, 5.41) is 8.81. The van der Waals surface area contributed by atoms with Gasteiger partial charge in [-0.25, -0.2) is 0 Å². The standard InChI is InChI=1S/C9H14BrN/c1-2-8-3-5-9(10,7-11)6-4-8/h8H,2-6H2,1H3. The van der Waals surface area contributed by atoms with Crippen molar-refractivity contribution >= 4 is 15.9 Å². The van der Waals surface area contributed by atoms with E-state index in [9.17, 15) is 0 Å². The minimum Gasteiger partial charge on any atom is -0.197 e. The maximum absolute atomic E-state index is 8.81. The number of alkyl halides is 1. The molecular weight excluding hydrogens is 202 g/mol. The number of nitriles is 1. The summed E-state index contributed by atoms with van der Waals surface area (Å²) in [6, 6.07) is 2.34. The van der Waals surface area contributed by atoms with Crippen LogP contribution in [-0.4, -0.2) is 4.32 Å². The van der Waals surface area contributed by atoms with Crippen LogP contribution in [0, 0.1) is 17.2 Å². The van der Waals surface area contributed by atoms with E-state index in [4.69, 9.17) is 5.26 Å². The average Bonchev–Trinajstić information content (AvgIpc) is 2.06. The summed E-state index contributed by atoms with van der Waals surface area (Å²) in [7, 11) is 0. The predicted molar refractivity (Wildman–Crippen MR) is 49.5 cm³/mol. The highest BCUT2D eigenvalue weighted by Gasteiger charge is 2.31. The second-order valence-electron chi connectivity index (χ2n) is 3.43. The second-order valence-corrected chi connectivity index (χ2v) is 4.95. The Kier molecular flexibility index (Phi) is 2.95. The van der Waals surface area contributed by atoms with Crippen molar-refractivity contribution in [3.8, 4) is 6.07 Å². The molecule has 2 heteroatoms. The van der Waals surface area contributed by atoms with Crippen molar-refractivity contribution in [1.82, 2.24) is 0 Å². The molecule has 0 amide bonds. The lowest BCUT2D eigenvalue weighted by atomic mass is 9.81. The van der Waals surface area contributed by atoms with Gasteiger partial charge in [-0.05, 0) is 31.6 Å². The van der Waals surface area contributed by atoms with E-state index < -0.39 is 0 Å². The Morgan fingerprint density at radius 2 is 2.09 bits per heavy atom. The Morgan fingerprint density at radius 3 is 2.45 bits per heavy atom. The van der Waals surface area contributed by atoms with Gasteiger partial charge in [0.15, 0.2) is 0 Å². The maximum Gasteiger partial charge on any atom is 0.112 e. The van der Waals surface area contributed by atoms with Crippen molar-refractivity contribution in [2.75, 3.05) is 0 Å². The highest BCUT2D eigenvalue weighted by atomic mass is 79.9. The summed E-state index contributed by atoms with van der Waals surface area (Å²) in [5.74, 6) is 0.869. The van der Waals surface area contributed by atoms with Gasteiger partial charge in [0.1, 0.15) is 4.32 Å². The van der Waals surface area contributed by atoms with Gasteiger partial charge in [-0.3, -0.25) is 0 Å². The molecule has 0 atom stereocenters. The van der Waals surface area contributed by atoms with E-state index in [-0.39, 0.29) is 4.32 Å². The Bertz CT molecular complexity index is 163.